The number of hydrogen-bond acceptors (Lipinski definition) is 4. The molecule has 2 rings (SSSR count). The molecule has 0 N–H and O–H groups in total. The second-order valence-corrected chi connectivity index (χ2v) is 9.92. The first-order valence-electron chi connectivity index (χ1n) is 6.62. The van der Waals surface area contributed by atoms with Gasteiger partial charge in [-0.15, -0.1) is 0 Å². The van der Waals surface area contributed by atoms with Crippen LogP contribution in [0.5, 0.6) is 0 Å². The van der Waals surface area contributed by atoms with E-state index < -0.39 is 7.59 Å². The Morgan fingerprint density at radius 2 is 1.42 bits per heavy atom. The fourth-order valence-corrected chi connectivity index (χ4v) is 2.50. The average molecular weight is 450 g/mol. The molecule has 0 saturated carbocycles. The fraction of sp³-hybridized carbons (Fsp3) is 0.357. The van der Waals surface area contributed by atoms with Gasteiger partial charge in [0.25, 0.3) is 0 Å². The van der Waals surface area contributed by atoms with Crippen LogP contribution in [0.25, 0.3) is 12.2 Å². The first-order chi connectivity index (χ1) is 11.0. The van der Waals surface area contributed by atoms with Gasteiger partial charge >= 0.3 is 0 Å². The molecule has 130 valence electrons. The normalized spacial score (nSPS) is 13.0. The van der Waals surface area contributed by atoms with E-state index in [1.54, 1.807) is 12.2 Å². The van der Waals surface area contributed by atoms with E-state index in [0.717, 1.165) is 5.76 Å². The molecule has 0 aliphatic heterocycles. The lowest BCUT2D eigenvalue weighted by atomic mass is 10.3. The standard InChI is InChI=1S/C14H11Cl6N3O/c1-8-2-3-9(24-8)4-5-10-21-11(6-13(15,16)17)23-12(22-10)7-14(18,19)20/h2-5H,6-7H2,1H3. The smallest absolute Gasteiger partial charge is 0.197 e. The molecule has 0 aliphatic rings. The van der Waals surface area contributed by atoms with Gasteiger partial charge in [0, 0.05) is 0 Å². The maximum atomic E-state index is 5.80. The molecular weight excluding hydrogens is 439 g/mol. The van der Waals surface area contributed by atoms with Crippen molar-refractivity contribution in [3.05, 3.63) is 41.1 Å². The van der Waals surface area contributed by atoms with Crippen molar-refractivity contribution in [2.24, 2.45) is 0 Å². The minimum Gasteiger partial charge on any atom is -0.462 e. The molecule has 2 aromatic rings. The highest BCUT2D eigenvalue weighted by molar-refractivity contribution is 6.68. The molecule has 2 heterocycles. The zero-order valence-electron chi connectivity index (χ0n) is 12.2. The molecule has 24 heavy (non-hydrogen) atoms. The third-order valence-corrected chi connectivity index (χ3v) is 3.42. The van der Waals surface area contributed by atoms with Gasteiger partial charge in [0.05, 0.1) is 12.8 Å². The van der Waals surface area contributed by atoms with E-state index in [1.807, 2.05) is 19.1 Å². The lowest BCUT2D eigenvalue weighted by molar-refractivity contribution is 0.525. The highest BCUT2D eigenvalue weighted by Crippen LogP contribution is 2.31. The van der Waals surface area contributed by atoms with Crippen LogP contribution in [-0.4, -0.2) is 22.5 Å². The van der Waals surface area contributed by atoms with Gasteiger partial charge in [-0.05, 0) is 31.2 Å². The summed E-state index contributed by atoms with van der Waals surface area (Å²) in [5, 5.41) is 0. The predicted molar refractivity (Wildman–Crippen MR) is 100 cm³/mol. The third-order valence-electron chi connectivity index (χ3n) is 2.62. The summed E-state index contributed by atoms with van der Waals surface area (Å²) in [6.45, 7) is 1.85. The van der Waals surface area contributed by atoms with Crippen molar-refractivity contribution >= 4 is 81.8 Å². The molecule has 0 amide bonds. The van der Waals surface area contributed by atoms with Crippen LogP contribution in [0.15, 0.2) is 16.5 Å². The van der Waals surface area contributed by atoms with Crippen molar-refractivity contribution in [1.29, 1.82) is 0 Å². The molecule has 0 unspecified atom stereocenters. The number of furan rings is 1. The van der Waals surface area contributed by atoms with Crippen molar-refractivity contribution in [3.63, 3.8) is 0 Å². The molecule has 4 nitrogen and oxygen atoms in total. The largest absolute Gasteiger partial charge is 0.462 e. The van der Waals surface area contributed by atoms with E-state index in [0.29, 0.717) is 11.6 Å². The van der Waals surface area contributed by atoms with Crippen LogP contribution >= 0.6 is 69.6 Å². The van der Waals surface area contributed by atoms with Crippen LogP contribution in [0.4, 0.5) is 0 Å². The highest BCUT2D eigenvalue weighted by atomic mass is 35.6. The molecular formula is C14H11Cl6N3O. The number of nitrogens with zero attached hydrogens (tertiary/aromatic N) is 3. The van der Waals surface area contributed by atoms with E-state index >= 15 is 0 Å². The Labute approximate surface area is 169 Å². The summed E-state index contributed by atoms with van der Waals surface area (Å²) >= 11 is 34.8. The first-order valence-corrected chi connectivity index (χ1v) is 8.89. The van der Waals surface area contributed by atoms with Crippen molar-refractivity contribution in [2.45, 2.75) is 27.4 Å². The molecule has 0 spiro atoms. The van der Waals surface area contributed by atoms with Gasteiger partial charge in [-0.1, -0.05) is 69.6 Å². The van der Waals surface area contributed by atoms with Crippen LogP contribution in [0.1, 0.15) is 29.0 Å². The lowest BCUT2D eigenvalue weighted by Crippen LogP contribution is -2.16. The van der Waals surface area contributed by atoms with Crippen LogP contribution in [0.2, 0.25) is 0 Å². The van der Waals surface area contributed by atoms with Crippen LogP contribution in [0.3, 0.4) is 0 Å². The summed E-state index contributed by atoms with van der Waals surface area (Å²) in [5.41, 5.74) is 0. The summed E-state index contributed by atoms with van der Waals surface area (Å²) < 4.78 is 2.35. The second kappa shape index (κ2) is 7.98. The van der Waals surface area contributed by atoms with Gasteiger partial charge in [-0.3, -0.25) is 0 Å². The molecule has 0 aliphatic carbocycles. The Morgan fingerprint density at radius 1 is 0.875 bits per heavy atom. The molecule has 10 heteroatoms. The van der Waals surface area contributed by atoms with E-state index in [9.17, 15) is 0 Å². The Hall–Kier alpha value is -0.230. The maximum absolute atomic E-state index is 5.80. The van der Waals surface area contributed by atoms with Gasteiger partial charge < -0.3 is 4.42 Å². The van der Waals surface area contributed by atoms with Crippen LogP contribution in [-0.2, 0) is 12.8 Å². The second-order valence-electron chi connectivity index (χ2n) is 4.89. The van der Waals surface area contributed by atoms with Crippen molar-refractivity contribution in [2.75, 3.05) is 0 Å². The van der Waals surface area contributed by atoms with E-state index in [4.69, 9.17) is 74.0 Å². The molecule has 0 saturated heterocycles. The Balaban J connectivity index is 2.32. The van der Waals surface area contributed by atoms with E-state index in [2.05, 4.69) is 15.0 Å². The Kier molecular flexibility index (Phi) is 6.68. The van der Waals surface area contributed by atoms with Crippen molar-refractivity contribution in [1.82, 2.24) is 15.0 Å². The SMILES string of the molecule is Cc1ccc(C=Cc2nc(CC(Cl)(Cl)Cl)nc(CC(Cl)(Cl)Cl)n2)o1. The molecule has 0 fully saturated rings. The molecule has 0 atom stereocenters. The third kappa shape index (κ3) is 7.34. The number of halogens is 6. The minimum atomic E-state index is -1.54. The number of rotatable bonds is 4. The summed E-state index contributed by atoms with van der Waals surface area (Å²) in [5.74, 6) is 2.35. The molecule has 0 radical (unpaired) electrons. The predicted octanol–water partition coefficient (Wildman–Crippen LogP) is 5.77. The number of aromatic nitrogens is 3. The topological polar surface area (TPSA) is 51.8 Å². The Morgan fingerprint density at radius 3 is 1.83 bits per heavy atom. The van der Waals surface area contributed by atoms with Gasteiger partial charge in [0.15, 0.2) is 13.4 Å². The first kappa shape index (κ1) is 20.1. The zero-order chi connectivity index (χ0) is 18.0. The molecule has 2 aromatic heterocycles. The number of alkyl halides is 6. The fourth-order valence-electron chi connectivity index (χ4n) is 1.78. The monoisotopic (exact) mass is 447 g/mol. The Bertz CT molecular complexity index is 699. The quantitative estimate of drug-likeness (QED) is 0.556. The zero-order valence-corrected chi connectivity index (χ0v) is 16.8. The number of hydrogen-bond donors (Lipinski definition) is 0. The van der Waals surface area contributed by atoms with Crippen molar-refractivity contribution in [3.8, 4) is 0 Å². The molecule has 0 aromatic carbocycles. The van der Waals surface area contributed by atoms with Crippen LogP contribution in [0, 0.1) is 6.92 Å². The summed E-state index contributed by atoms with van der Waals surface area (Å²) in [6, 6.07) is 3.66. The average Bonchev–Trinajstić information content (AvgIpc) is 2.78. The number of aryl methyl sites for hydroxylation is 1. The van der Waals surface area contributed by atoms with Gasteiger partial charge in [-0.25, -0.2) is 15.0 Å². The summed E-state index contributed by atoms with van der Waals surface area (Å²) in [4.78, 5) is 12.7. The summed E-state index contributed by atoms with van der Waals surface area (Å²) in [6.07, 6.45) is 3.34. The minimum absolute atomic E-state index is 0.00621. The molecule has 0 bridgehead atoms. The lowest BCUT2D eigenvalue weighted by Gasteiger charge is -2.13. The maximum Gasteiger partial charge on any atom is 0.197 e. The summed E-state index contributed by atoms with van der Waals surface area (Å²) in [7, 11) is 0. The highest BCUT2D eigenvalue weighted by Gasteiger charge is 2.26. The van der Waals surface area contributed by atoms with E-state index in [-0.39, 0.29) is 24.5 Å². The van der Waals surface area contributed by atoms with Gasteiger partial charge in [0.1, 0.15) is 23.2 Å². The van der Waals surface area contributed by atoms with Crippen LogP contribution < -0.4 is 0 Å². The van der Waals surface area contributed by atoms with Gasteiger partial charge in [-0.2, -0.15) is 0 Å². The van der Waals surface area contributed by atoms with Gasteiger partial charge in [0.2, 0.25) is 0 Å². The van der Waals surface area contributed by atoms with E-state index in [1.165, 1.54) is 0 Å². The van der Waals surface area contributed by atoms with Crippen molar-refractivity contribution < 1.29 is 4.42 Å².